The monoisotopic (exact) mass is 428 g/mol. The average Bonchev–Trinajstić information content (AvgIpc) is 2.70. The van der Waals surface area contributed by atoms with Gasteiger partial charge in [0.1, 0.15) is 24.2 Å². The second-order valence-corrected chi connectivity index (χ2v) is 6.80. The van der Waals surface area contributed by atoms with Gasteiger partial charge < -0.3 is 19.9 Å². The Kier molecular flexibility index (Phi) is 7.86. The van der Waals surface area contributed by atoms with E-state index in [9.17, 15) is 20.0 Å². The highest BCUT2D eigenvalue weighted by molar-refractivity contribution is 6.53. The molecule has 0 saturated heterocycles. The van der Waals surface area contributed by atoms with Gasteiger partial charge in [-0.3, -0.25) is 14.9 Å². The number of amides is 1. The highest BCUT2D eigenvalue weighted by Gasteiger charge is 2.26. The van der Waals surface area contributed by atoms with Crippen LogP contribution in [0.5, 0.6) is 11.5 Å². The smallest absolute Gasteiger partial charge is 0.269 e. The Hall–Kier alpha value is -2.55. The molecule has 0 fully saturated rings. The number of non-ortho nitro benzene ring substituents is 1. The molecule has 0 heterocycles. The highest BCUT2D eigenvalue weighted by Crippen LogP contribution is 2.23. The van der Waals surface area contributed by atoms with Crippen molar-refractivity contribution in [3.8, 4) is 11.5 Å². The number of carbonyl (C=O) groups is 1. The van der Waals surface area contributed by atoms with Gasteiger partial charge in [0.2, 0.25) is 0 Å². The van der Waals surface area contributed by atoms with Gasteiger partial charge in [-0.15, -0.1) is 0 Å². The van der Waals surface area contributed by atoms with Crippen molar-refractivity contribution in [2.24, 2.45) is 0 Å². The van der Waals surface area contributed by atoms with E-state index in [1.165, 1.54) is 31.4 Å². The minimum atomic E-state index is -1.33. The molecule has 0 unspecified atom stereocenters. The zero-order chi connectivity index (χ0) is 20.7. The summed E-state index contributed by atoms with van der Waals surface area (Å²) in [6, 6.07) is 11.2. The van der Waals surface area contributed by atoms with Gasteiger partial charge in [-0.1, -0.05) is 29.3 Å². The molecule has 2 rings (SSSR count). The van der Waals surface area contributed by atoms with Gasteiger partial charge in [-0.2, -0.15) is 0 Å². The maximum absolute atomic E-state index is 11.9. The second kappa shape index (κ2) is 10.1. The first-order valence-corrected chi connectivity index (χ1v) is 8.97. The van der Waals surface area contributed by atoms with Crippen molar-refractivity contribution in [2.75, 3.05) is 13.7 Å². The van der Waals surface area contributed by atoms with Crippen LogP contribution in [0.4, 0.5) is 5.69 Å². The molecular weight excluding hydrogens is 411 g/mol. The fourth-order valence-corrected chi connectivity index (χ4v) is 2.49. The maximum atomic E-state index is 11.9. The van der Waals surface area contributed by atoms with E-state index in [4.69, 9.17) is 32.7 Å². The van der Waals surface area contributed by atoms with Crippen LogP contribution >= 0.6 is 23.2 Å². The van der Waals surface area contributed by atoms with E-state index in [0.29, 0.717) is 17.1 Å². The van der Waals surface area contributed by atoms with Gasteiger partial charge in [0.05, 0.1) is 18.1 Å². The topological polar surface area (TPSA) is 111 Å². The third kappa shape index (κ3) is 5.98. The van der Waals surface area contributed by atoms with E-state index in [1.807, 2.05) is 0 Å². The molecule has 0 aliphatic rings. The molecule has 0 bridgehead atoms. The van der Waals surface area contributed by atoms with Crippen molar-refractivity contribution >= 4 is 34.8 Å². The first-order valence-electron chi connectivity index (χ1n) is 8.09. The van der Waals surface area contributed by atoms with Gasteiger partial charge in [-0.05, 0) is 29.8 Å². The van der Waals surface area contributed by atoms with Gasteiger partial charge in [-0.25, -0.2) is 0 Å². The van der Waals surface area contributed by atoms with Crippen LogP contribution in [-0.2, 0) is 4.79 Å². The summed E-state index contributed by atoms with van der Waals surface area (Å²) in [5.41, 5.74) is 0.233. The molecule has 0 aromatic heterocycles. The Morgan fingerprint density at radius 1 is 1.21 bits per heavy atom. The Morgan fingerprint density at radius 3 is 2.43 bits per heavy atom. The lowest BCUT2D eigenvalue weighted by Gasteiger charge is -2.25. The number of nitro benzene ring substituents is 1. The van der Waals surface area contributed by atoms with Crippen molar-refractivity contribution in [2.45, 2.75) is 17.0 Å². The number of aliphatic hydroxyl groups is 1. The number of hydrogen-bond acceptors (Lipinski definition) is 6. The van der Waals surface area contributed by atoms with Crippen molar-refractivity contribution in [3.63, 3.8) is 0 Å². The lowest BCUT2D eigenvalue weighted by atomic mass is 10.0. The molecule has 2 N–H and O–H groups in total. The molecule has 0 aliphatic carbocycles. The summed E-state index contributed by atoms with van der Waals surface area (Å²) in [6.07, 6.45) is -1.22. The van der Waals surface area contributed by atoms with Crippen molar-refractivity contribution in [1.82, 2.24) is 5.32 Å². The summed E-state index contributed by atoms with van der Waals surface area (Å²) in [6.45, 7) is -0.114. The van der Waals surface area contributed by atoms with Gasteiger partial charge in [0, 0.05) is 18.2 Å². The number of ether oxygens (including phenoxy) is 2. The van der Waals surface area contributed by atoms with Crippen LogP contribution in [0.25, 0.3) is 0 Å². The number of aliphatic hydroxyl groups excluding tert-OH is 1. The van der Waals surface area contributed by atoms with Crippen LogP contribution in [0.15, 0.2) is 48.5 Å². The number of halogens is 2. The Labute approximate surface area is 171 Å². The fourth-order valence-electron chi connectivity index (χ4n) is 2.36. The molecule has 0 saturated carbocycles. The van der Waals surface area contributed by atoms with Gasteiger partial charge >= 0.3 is 0 Å². The quantitative estimate of drug-likeness (QED) is 0.360. The molecule has 8 nitrogen and oxygen atoms in total. The molecule has 150 valence electrons. The van der Waals surface area contributed by atoms with Crippen LogP contribution in [-0.4, -0.2) is 40.5 Å². The number of nitrogens with one attached hydrogen (secondary N) is 1. The van der Waals surface area contributed by atoms with Crippen LogP contribution in [0.3, 0.4) is 0 Å². The largest absolute Gasteiger partial charge is 0.497 e. The zero-order valence-corrected chi connectivity index (χ0v) is 16.3. The molecule has 0 radical (unpaired) electrons. The fraction of sp³-hybridized carbons (Fsp3) is 0.278. The number of carbonyl (C=O) groups excluding carboxylic acids is 1. The standard InChI is InChI=1S/C18H18Cl2N2O6/c1-27-13-3-2-4-14(9-13)28-10-15(21-18(24)17(19)20)16(23)11-5-7-12(8-6-11)22(25)26/h2-9,15-17,23H,10H2,1H3,(H,21,24)/t15-,16-/m1/s1. The molecule has 0 aliphatic heterocycles. The molecule has 1 amide bonds. The normalized spacial score (nSPS) is 12.9. The van der Waals surface area contributed by atoms with Crippen molar-refractivity contribution < 1.29 is 24.3 Å². The van der Waals surface area contributed by atoms with Gasteiger partial charge in [0.25, 0.3) is 11.6 Å². The molecule has 2 aromatic carbocycles. The van der Waals surface area contributed by atoms with Crippen LogP contribution in [0.2, 0.25) is 0 Å². The van der Waals surface area contributed by atoms with Crippen molar-refractivity contribution in [1.29, 1.82) is 0 Å². The Morgan fingerprint density at radius 2 is 1.86 bits per heavy atom. The molecule has 10 heteroatoms. The number of nitro groups is 1. The zero-order valence-electron chi connectivity index (χ0n) is 14.7. The summed E-state index contributed by atoms with van der Waals surface area (Å²) in [7, 11) is 1.52. The average molecular weight is 429 g/mol. The van der Waals surface area contributed by atoms with Crippen LogP contribution < -0.4 is 14.8 Å². The second-order valence-electron chi connectivity index (χ2n) is 5.70. The number of benzene rings is 2. The van der Waals surface area contributed by atoms with E-state index in [-0.39, 0.29) is 12.3 Å². The number of hydrogen-bond donors (Lipinski definition) is 2. The lowest BCUT2D eigenvalue weighted by molar-refractivity contribution is -0.384. The minimum Gasteiger partial charge on any atom is -0.497 e. The third-order valence-electron chi connectivity index (χ3n) is 3.82. The number of rotatable bonds is 9. The molecule has 28 heavy (non-hydrogen) atoms. The number of methoxy groups -OCH3 is 1. The third-order valence-corrected chi connectivity index (χ3v) is 4.22. The summed E-state index contributed by atoms with van der Waals surface area (Å²) >= 11 is 11.1. The van der Waals surface area contributed by atoms with Crippen LogP contribution in [0.1, 0.15) is 11.7 Å². The lowest BCUT2D eigenvalue weighted by Crippen LogP contribution is -2.45. The summed E-state index contributed by atoms with van der Waals surface area (Å²) < 4.78 is 10.8. The first kappa shape index (κ1) is 21.7. The van der Waals surface area contributed by atoms with E-state index in [1.54, 1.807) is 24.3 Å². The Balaban J connectivity index is 2.17. The van der Waals surface area contributed by atoms with E-state index in [0.717, 1.165) is 0 Å². The summed E-state index contributed by atoms with van der Waals surface area (Å²) in [4.78, 5) is 20.8. The maximum Gasteiger partial charge on any atom is 0.269 e. The predicted molar refractivity (Wildman–Crippen MR) is 104 cm³/mol. The molecule has 2 aromatic rings. The molecular formula is C18H18Cl2N2O6. The minimum absolute atomic E-state index is 0.114. The molecule has 2 atom stereocenters. The summed E-state index contributed by atoms with van der Waals surface area (Å²) in [5.74, 6) is 0.335. The number of nitrogens with zero attached hydrogens (tertiary/aromatic N) is 1. The SMILES string of the molecule is COc1cccc(OC[C@@H](NC(=O)C(Cl)Cl)[C@H](O)c2ccc([N+](=O)[O-])cc2)c1. The van der Waals surface area contributed by atoms with Crippen LogP contribution in [0, 0.1) is 10.1 Å². The predicted octanol–water partition coefficient (Wildman–Crippen LogP) is 3.00. The summed E-state index contributed by atoms with van der Waals surface area (Å²) in [5, 5.41) is 23.9. The van der Waals surface area contributed by atoms with Gasteiger partial charge in [0.15, 0.2) is 4.84 Å². The first-order chi connectivity index (χ1) is 13.3. The van der Waals surface area contributed by atoms with E-state index >= 15 is 0 Å². The van der Waals surface area contributed by atoms with E-state index < -0.39 is 27.8 Å². The molecule has 0 spiro atoms. The van der Waals surface area contributed by atoms with E-state index in [2.05, 4.69) is 5.32 Å². The highest BCUT2D eigenvalue weighted by atomic mass is 35.5. The Bertz CT molecular complexity index is 816. The number of alkyl halides is 2. The van der Waals surface area contributed by atoms with Crippen molar-refractivity contribution in [3.05, 3.63) is 64.2 Å².